The molecule has 2 nitrogen and oxygen atoms in total. The normalized spacial score (nSPS) is 21.5. The monoisotopic (exact) mass is 252 g/mol. The van der Waals surface area contributed by atoms with Gasteiger partial charge in [-0.3, -0.25) is 4.98 Å². The van der Waals surface area contributed by atoms with E-state index in [1.807, 2.05) is 6.07 Å². The first-order valence-electron chi connectivity index (χ1n) is 6.16. The summed E-state index contributed by atoms with van der Waals surface area (Å²) in [4.78, 5) is 3.99. The van der Waals surface area contributed by atoms with Gasteiger partial charge in [0.1, 0.15) is 0 Å². The molecule has 0 radical (unpaired) electrons. The van der Waals surface area contributed by atoms with E-state index in [0.717, 1.165) is 29.6 Å². The maximum atomic E-state index is 6.06. The maximum absolute atomic E-state index is 6.06. The van der Waals surface area contributed by atoms with Gasteiger partial charge in [-0.1, -0.05) is 39.3 Å². The number of rotatable bonds is 4. The molecular formula is C14H21ClN2. The van der Waals surface area contributed by atoms with Gasteiger partial charge in [0.2, 0.25) is 0 Å². The number of nitrogens with one attached hydrogen (secondary N) is 1. The van der Waals surface area contributed by atoms with E-state index in [4.69, 9.17) is 11.6 Å². The number of hydrogen-bond acceptors (Lipinski definition) is 2. The highest BCUT2D eigenvalue weighted by molar-refractivity contribution is 6.31. The van der Waals surface area contributed by atoms with Crippen LogP contribution in [0.2, 0.25) is 5.02 Å². The molecule has 1 aliphatic carbocycles. The lowest BCUT2D eigenvalue weighted by Gasteiger charge is -2.07. The third-order valence-corrected chi connectivity index (χ3v) is 5.18. The average molecular weight is 253 g/mol. The van der Waals surface area contributed by atoms with Crippen molar-refractivity contribution in [1.82, 2.24) is 10.3 Å². The predicted molar refractivity (Wildman–Crippen MR) is 72.0 cm³/mol. The molecule has 1 fully saturated rings. The van der Waals surface area contributed by atoms with E-state index in [2.05, 4.69) is 38.0 Å². The van der Waals surface area contributed by atoms with Crippen LogP contribution >= 0.6 is 11.6 Å². The second-order valence-corrected chi connectivity index (χ2v) is 6.50. The molecule has 0 unspecified atom stereocenters. The fourth-order valence-electron chi connectivity index (χ4n) is 2.74. The van der Waals surface area contributed by atoms with E-state index in [9.17, 15) is 0 Å². The number of nitrogens with zero attached hydrogens (tertiary/aromatic N) is 1. The van der Waals surface area contributed by atoms with Crippen LogP contribution in [0.3, 0.4) is 0 Å². The minimum atomic E-state index is 0.446. The zero-order valence-corrected chi connectivity index (χ0v) is 11.8. The van der Waals surface area contributed by atoms with Gasteiger partial charge in [0.25, 0.3) is 0 Å². The van der Waals surface area contributed by atoms with Crippen LogP contribution in [0.1, 0.15) is 33.3 Å². The van der Waals surface area contributed by atoms with Crippen molar-refractivity contribution >= 4 is 11.6 Å². The molecule has 3 heteroatoms. The Bertz CT molecular complexity index is 398. The van der Waals surface area contributed by atoms with Crippen molar-refractivity contribution in [3.8, 4) is 0 Å². The smallest absolute Gasteiger partial charge is 0.0634 e. The Morgan fingerprint density at radius 3 is 2.47 bits per heavy atom. The fourth-order valence-corrected chi connectivity index (χ4v) is 2.93. The molecule has 1 heterocycles. The van der Waals surface area contributed by atoms with Gasteiger partial charge in [-0.05, 0) is 34.9 Å². The van der Waals surface area contributed by atoms with Gasteiger partial charge in [0.15, 0.2) is 0 Å². The van der Waals surface area contributed by atoms with Crippen LogP contribution in [0.5, 0.6) is 0 Å². The second-order valence-electron chi connectivity index (χ2n) is 6.09. The number of pyridine rings is 1. The molecule has 17 heavy (non-hydrogen) atoms. The third-order valence-electron chi connectivity index (χ3n) is 4.84. The highest BCUT2D eigenvalue weighted by Crippen LogP contribution is 2.67. The summed E-state index contributed by atoms with van der Waals surface area (Å²) in [5.41, 5.74) is 2.02. The lowest BCUT2D eigenvalue weighted by Crippen LogP contribution is -2.19. The van der Waals surface area contributed by atoms with Gasteiger partial charge in [-0.2, -0.15) is 0 Å². The molecular weight excluding hydrogens is 232 g/mol. The van der Waals surface area contributed by atoms with Gasteiger partial charge < -0.3 is 5.32 Å². The van der Waals surface area contributed by atoms with Crippen molar-refractivity contribution in [3.05, 3.63) is 29.0 Å². The molecule has 1 aliphatic rings. The minimum absolute atomic E-state index is 0.446. The van der Waals surface area contributed by atoms with Crippen molar-refractivity contribution in [2.75, 3.05) is 6.54 Å². The summed E-state index contributed by atoms with van der Waals surface area (Å²) >= 11 is 6.06. The van der Waals surface area contributed by atoms with Crippen LogP contribution in [0.15, 0.2) is 18.5 Å². The van der Waals surface area contributed by atoms with Gasteiger partial charge in [-0.25, -0.2) is 0 Å². The number of hydrogen-bond donors (Lipinski definition) is 1. The minimum Gasteiger partial charge on any atom is -0.312 e. The fraction of sp³-hybridized carbons (Fsp3) is 0.643. The van der Waals surface area contributed by atoms with Crippen molar-refractivity contribution in [1.29, 1.82) is 0 Å². The van der Waals surface area contributed by atoms with Crippen molar-refractivity contribution < 1.29 is 0 Å². The van der Waals surface area contributed by atoms with E-state index < -0.39 is 0 Å². The molecule has 1 aromatic heterocycles. The molecule has 1 aromatic rings. The molecule has 0 aromatic carbocycles. The van der Waals surface area contributed by atoms with Crippen LogP contribution < -0.4 is 5.32 Å². The molecule has 1 saturated carbocycles. The summed E-state index contributed by atoms with van der Waals surface area (Å²) in [7, 11) is 0. The van der Waals surface area contributed by atoms with Crippen LogP contribution in [0, 0.1) is 16.7 Å². The summed E-state index contributed by atoms with van der Waals surface area (Å²) in [6, 6.07) is 1.97. The molecule has 94 valence electrons. The van der Waals surface area contributed by atoms with Gasteiger partial charge in [0, 0.05) is 18.9 Å². The first-order chi connectivity index (χ1) is 7.87. The molecule has 1 N–H and O–H groups in total. The van der Waals surface area contributed by atoms with Crippen LogP contribution in [0.25, 0.3) is 0 Å². The van der Waals surface area contributed by atoms with Crippen LogP contribution in [-0.4, -0.2) is 11.5 Å². The lowest BCUT2D eigenvalue weighted by atomic mass is 10.0. The van der Waals surface area contributed by atoms with E-state index in [1.165, 1.54) is 0 Å². The lowest BCUT2D eigenvalue weighted by molar-refractivity contribution is 0.457. The number of halogens is 1. The second kappa shape index (κ2) is 4.25. The Morgan fingerprint density at radius 2 is 1.94 bits per heavy atom. The highest BCUT2D eigenvalue weighted by atomic mass is 35.5. The van der Waals surface area contributed by atoms with E-state index in [-0.39, 0.29) is 0 Å². The maximum Gasteiger partial charge on any atom is 0.0634 e. The Morgan fingerprint density at radius 1 is 1.29 bits per heavy atom. The molecule has 2 rings (SSSR count). The summed E-state index contributed by atoms with van der Waals surface area (Å²) < 4.78 is 0. The Hall–Kier alpha value is -0.600. The number of aromatic nitrogens is 1. The molecule has 0 amide bonds. The summed E-state index contributed by atoms with van der Waals surface area (Å²) in [6.45, 7) is 11.3. The van der Waals surface area contributed by atoms with E-state index >= 15 is 0 Å². The zero-order chi connectivity index (χ0) is 12.7. The Labute approximate surface area is 109 Å². The third kappa shape index (κ3) is 2.21. The standard InChI is InChI=1S/C14H21ClN2/c1-13(2)12(14(13,3)4)9-17-7-10-5-6-16-8-11(10)15/h5-6,8,12,17H,7,9H2,1-4H3. The van der Waals surface area contributed by atoms with Gasteiger partial charge >= 0.3 is 0 Å². The largest absolute Gasteiger partial charge is 0.312 e. The summed E-state index contributed by atoms with van der Waals surface area (Å²) in [5, 5.41) is 4.25. The van der Waals surface area contributed by atoms with Crippen molar-refractivity contribution in [2.45, 2.75) is 34.2 Å². The first kappa shape index (κ1) is 12.8. The topological polar surface area (TPSA) is 24.9 Å². The SMILES string of the molecule is CC1(C)C(CNCc2ccncc2Cl)C1(C)C. The highest BCUT2D eigenvalue weighted by Gasteiger charge is 2.63. The molecule has 0 bridgehead atoms. The predicted octanol–water partition coefficient (Wildman–Crippen LogP) is 3.51. The average Bonchev–Trinajstić information content (AvgIpc) is 2.63. The van der Waals surface area contributed by atoms with Crippen LogP contribution in [-0.2, 0) is 6.54 Å². The summed E-state index contributed by atoms with van der Waals surface area (Å²) in [6.07, 6.45) is 3.48. The van der Waals surface area contributed by atoms with Gasteiger partial charge in [-0.15, -0.1) is 0 Å². The molecule has 0 saturated heterocycles. The van der Waals surface area contributed by atoms with E-state index in [1.54, 1.807) is 12.4 Å². The molecule has 0 atom stereocenters. The molecule has 0 spiro atoms. The summed E-state index contributed by atoms with van der Waals surface area (Å²) in [5.74, 6) is 0.746. The van der Waals surface area contributed by atoms with Crippen molar-refractivity contribution in [3.63, 3.8) is 0 Å². The Kier molecular flexibility index (Phi) is 3.21. The first-order valence-corrected chi connectivity index (χ1v) is 6.54. The van der Waals surface area contributed by atoms with E-state index in [0.29, 0.717) is 10.8 Å². The van der Waals surface area contributed by atoms with Gasteiger partial charge in [0.05, 0.1) is 5.02 Å². The quantitative estimate of drug-likeness (QED) is 0.887. The molecule has 0 aliphatic heterocycles. The Balaban J connectivity index is 1.84. The zero-order valence-electron chi connectivity index (χ0n) is 11.0. The van der Waals surface area contributed by atoms with Crippen LogP contribution in [0.4, 0.5) is 0 Å². The van der Waals surface area contributed by atoms with Crippen molar-refractivity contribution in [2.24, 2.45) is 16.7 Å².